The van der Waals surface area contributed by atoms with Crippen LogP contribution in [0.3, 0.4) is 0 Å². The van der Waals surface area contributed by atoms with Gasteiger partial charge >= 0.3 is 0 Å². The van der Waals surface area contributed by atoms with Gasteiger partial charge in [-0.15, -0.1) is 0 Å². The van der Waals surface area contributed by atoms with E-state index in [1.165, 1.54) is 30.4 Å². The maximum Gasteiger partial charge on any atom is 0.0222 e. The van der Waals surface area contributed by atoms with Crippen LogP contribution in [0.5, 0.6) is 0 Å². The van der Waals surface area contributed by atoms with Crippen molar-refractivity contribution in [2.24, 2.45) is 5.73 Å². The molecule has 0 spiro atoms. The minimum Gasteiger partial charge on any atom is -0.326 e. The molecule has 2 heteroatoms. The van der Waals surface area contributed by atoms with Gasteiger partial charge in [0.1, 0.15) is 0 Å². The normalized spacial score (nSPS) is 25.7. The van der Waals surface area contributed by atoms with E-state index in [0.717, 1.165) is 6.54 Å². The topological polar surface area (TPSA) is 38.0 Å². The molecular weight excluding hydrogens is 184 g/mol. The van der Waals surface area contributed by atoms with Crippen LogP contribution in [0.15, 0.2) is 24.3 Å². The lowest BCUT2D eigenvalue weighted by atomic mass is 10.1. The van der Waals surface area contributed by atoms with E-state index < -0.39 is 0 Å². The smallest absolute Gasteiger partial charge is 0.0222 e. The second kappa shape index (κ2) is 4.77. The van der Waals surface area contributed by atoms with Crippen LogP contribution in [0.1, 0.15) is 30.4 Å². The largest absolute Gasteiger partial charge is 0.326 e. The lowest BCUT2D eigenvalue weighted by molar-refractivity contribution is 0.475. The highest BCUT2D eigenvalue weighted by molar-refractivity contribution is 5.21. The summed E-state index contributed by atoms with van der Waals surface area (Å²) in [4.78, 5) is 0. The summed E-state index contributed by atoms with van der Waals surface area (Å²) in [6.45, 7) is 3.06. The van der Waals surface area contributed by atoms with Gasteiger partial charge in [-0.25, -0.2) is 0 Å². The zero-order valence-electron chi connectivity index (χ0n) is 9.37. The quantitative estimate of drug-likeness (QED) is 0.790. The highest BCUT2D eigenvalue weighted by atomic mass is 15.0. The summed E-state index contributed by atoms with van der Waals surface area (Å²) >= 11 is 0. The summed E-state index contributed by atoms with van der Waals surface area (Å²) in [5, 5.41) is 3.54. The van der Waals surface area contributed by atoms with Crippen molar-refractivity contribution in [2.75, 3.05) is 0 Å². The van der Waals surface area contributed by atoms with E-state index in [1.807, 2.05) is 0 Å². The molecule has 0 aromatic heterocycles. The van der Waals surface area contributed by atoms with Crippen molar-refractivity contribution in [1.29, 1.82) is 0 Å². The van der Waals surface area contributed by atoms with Gasteiger partial charge in [-0.3, -0.25) is 0 Å². The fraction of sp³-hybridized carbons (Fsp3) is 0.538. The van der Waals surface area contributed by atoms with E-state index in [1.54, 1.807) is 0 Å². The number of hydrogen-bond donors (Lipinski definition) is 2. The Balaban J connectivity index is 1.85. The molecule has 0 aliphatic heterocycles. The molecule has 0 unspecified atom stereocenters. The molecule has 82 valence electrons. The number of nitrogens with two attached hydrogens (primary N) is 1. The highest BCUT2D eigenvalue weighted by Crippen LogP contribution is 2.17. The van der Waals surface area contributed by atoms with Crippen LogP contribution >= 0.6 is 0 Å². The van der Waals surface area contributed by atoms with Gasteiger partial charge < -0.3 is 11.1 Å². The Labute approximate surface area is 91.9 Å². The zero-order chi connectivity index (χ0) is 10.7. The molecule has 0 amide bonds. The molecule has 1 aliphatic rings. The molecule has 0 saturated heterocycles. The van der Waals surface area contributed by atoms with E-state index in [-0.39, 0.29) is 0 Å². The first-order valence-corrected chi connectivity index (χ1v) is 5.80. The maximum atomic E-state index is 6.00. The van der Waals surface area contributed by atoms with Gasteiger partial charge in [-0.2, -0.15) is 0 Å². The third-order valence-electron chi connectivity index (χ3n) is 3.26. The van der Waals surface area contributed by atoms with Crippen molar-refractivity contribution in [3.63, 3.8) is 0 Å². The van der Waals surface area contributed by atoms with Crippen molar-refractivity contribution in [3.8, 4) is 0 Å². The Kier molecular flexibility index (Phi) is 3.39. The Morgan fingerprint density at radius 3 is 2.60 bits per heavy atom. The molecular formula is C13H20N2. The van der Waals surface area contributed by atoms with Gasteiger partial charge in [-0.1, -0.05) is 36.2 Å². The van der Waals surface area contributed by atoms with Crippen molar-refractivity contribution >= 4 is 0 Å². The minimum absolute atomic E-state index is 0.357. The summed E-state index contributed by atoms with van der Waals surface area (Å²) in [5.74, 6) is 0. The molecule has 1 fully saturated rings. The zero-order valence-corrected chi connectivity index (χ0v) is 9.37. The van der Waals surface area contributed by atoms with Crippen molar-refractivity contribution in [2.45, 2.75) is 44.8 Å². The average Bonchev–Trinajstić information content (AvgIpc) is 2.63. The molecule has 15 heavy (non-hydrogen) atoms. The van der Waals surface area contributed by atoms with Crippen molar-refractivity contribution in [3.05, 3.63) is 35.4 Å². The van der Waals surface area contributed by atoms with Gasteiger partial charge in [0.25, 0.3) is 0 Å². The third-order valence-corrected chi connectivity index (χ3v) is 3.26. The predicted molar refractivity (Wildman–Crippen MR) is 63.6 cm³/mol. The Morgan fingerprint density at radius 1 is 1.27 bits per heavy atom. The molecule has 0 heterocycles. The van der Waals surface area contributed by atoms with Crippen LogP contribution in [0, 0.1) is 6.92 Å². The van der Waals surface area contributed by atoms with Crippen LogP contribution in [-0.2, 0) is 6.54 Å². The first kappa shape index (κ1) is 10.7. The summed E-state index contributed by atoms with van der Waals surface area (Å²) < 4.78 is 0. The SMILES string of the molecule is Cc1ccc(CN[C@H]2CCC[C@H]2N)cc1. The average molecular weight is 204 g/mol. The summed E-state index contributed by atoms with van der Waals surface area (Å²) in [6.07, 6.45) is 3.67. The van der Waals surface area contributed by atoms with Gasteiger partial charge in [0.2, 0.25) is 0 Å². The number of nitrogens with one attached hydrogen (secondary N) is 1. The van der Waals surface area contributed by atoms with Gasteiger partial charge in [0, 0.05) is 18.6 Å². The van der Waals surface area contributed by atoms with E-state index in [4.69, 9.17) is 5.73 Å². The predicted octanol–water partition coefficient (Wildman–Crippen LogP) is 1.96. The first-order valence-electron chi connectivity index (χ1n) is 5.80. The minimum atomic E-state index is 0.357. The first-order chi connectivity index (χ1) is 7.25. The van der Waals surface area contributed by atoms with Crippen LogP contribution in [0.25, 0.3) is 0 Å². The van der Waals surface area contributed by atoms with Gasteiger partial charge in [0.15, 0.2) is 0 Å². The Morgan fingerprint density at radius 2 is 2.00 bits per heavy atom. The van der Waals surface area contributed by atoms with Crippen LogP contribution < -0.4 is 11.1 Å². The molecule has 1 aromatic rings. The molecule has 0 radical (unpaired) electrons. The molecule has 2 rings (SSSR count). The monoisotopic (exact) mass is 204 g/mol. The summed E-state index contributed by atoms with van der Waals surface area (Å²) in [6, 6.07) is 9.56. The Hall–Kier alpha value is -0.860. The van der Waals surface area contributed by atoms with Crippen LogP contribution in [0.2, 0.25) is 0 Å². The molecule has 1 aliphatic carbocycles. The summed E-state index contributed by atoms with van der Waals surface area (Å²) in [5.41, 5.74) is 8.67. The fourth-order valence-corrected chi connectivity index (χ4v) is 2.20. The maximum absolute atomic E-state index is 6.00. The molecule has 1 aromatic carbocycles. The van der Waals surface area contributed by atoms with E-state index >= 15 is 0 Å². The van der Waals surface area contributed by atoms with Gasteiger partial charge in [0.05, 0.1) is 0 Å². The van der Waals surface area contributed by atoms with Crippen molar-refractivity contribution < 1.29 is 0 Å². The second-order valence-corrected chi connectivity index (χ2v) is 4.57. The third kappa shape index (κ3) is 2.80. The molecule has 2 nitrogen and oxygen atoms in total. The number of aryl methyl sites for hydroxylation is 1. The second-order valence-electron chi connectivity index (χ2n) is 4.57. The number of benzene rings is 1. The standard InChI is InChI=1S/C13H20N2/c1-10-5-7-11(8-6-10)9-15-13-4-2-3-12(13)14/h5-8,12-13,15H,2-4,9,14H2,1H3/t12-,13+/m1/s1. The van der Waals surface area contributed by atoms with E-state index in [9.17, 15) is 0 Å². The highest BCUT2D eigenvalue weighted by Gasteiger charge is 2.22. The molecule has 1 saturated carbocycles. The Bertz CT molecular complexity index is 305. The fourth-order valence-electron chi connectivity index (χ4n) is 2.20. The van der Waals surface area contributed by atoms with E-state index in [2.05, 4.69) is 36.5 Å². The summed E-state index contributed by atoms with van der Waals surface area (Å²) in [7, 11) is 0. The van der Waals surface area contributed by atoms with Crippen LogP contribution in [0.4, 0.5) is 0 Å². The van der Waals surface area contributed by atoms with Gasteiger partial charge in [-0.05, 0) is 25.3 Å². The number of hydrogen-bond acceptors (Lipinski definition) is 2. The van der Waals surface area contributed by atoms with Crippen LogP contribution in [-0.4, -0.2) is 12.1 Å². The molecule has 2 atom stereocenters. The number of rotatable bonds is 3. The molecule has 0 bridgehead atoms. The lowest BCUT2D eigenvalue weighted by Crippen LogP contribution is -2.40. The lowest BCUT2D eigenvalue weighted by Gasteiger charge is -2.17. The van der Waals surface area contributed by atoms with E-state index in [0.29, 0.717) is 12.1 Å². The molecule has 3 N–H and O–H groups in total. The van der Waals surface area contributed by atoms with Crippen molar-refractivity contribution in [1.82, 2.24) is 5.32 Å².